The van der Waals surface area contributed by atoms with Gasteiger partial charge in [-0.1, -0.05) is 6.07 Å². The number of rotatable bonds is 2. The number of hydrogen-bond donors (Lipinski definition) is 1. The van der Waals surface area contributed by atoms with E-state index in [1.807, 2.05) is 25.1 Å². The van der Waals surface area contributed by atoms with Crippen molar-refractivity contribution in [1.82, 2.24) is 5.32 Å². The zero-order valence-electron chi connectivity index (χ0n) is 10.5. The average molecular weight is 247 g/mol. The van der Waals surface area contributed by atoms with Gasteiger partial charge in [-0.15, -0.1) is 0 Å². The highest BCUT2D eigenvalue weighted by atomic mass is 16.5. The van der Waals surface area contributed by atoms with Crippen molar-refractivity contribution in [3.8, 4) is 11.5 Å². The van der Waals surface area contributed by atoms with Crippen molar-refractivity contribution in [1.29, 1.82) is 0 Å². The highest BCUT2D eigenvalue weighted by Crippen LogP contribution is 2.40. The van der Waals surface area contributed by atoms with Crippen molar-refractivity contribution >= 4 is 5.78 Å². The summed E-state index contributed by atoms with van der Waals surface area (Å²) in [7, 11) is 0. The SMILES string of the molecule is CCOc1cccc2c1C(=O)CC1(CCNC1)O2. The molecule has 96 valence electrons. The molecule has 2 aliphatic rings. The van der Waals surface area contributed by atoms with Gasteiger partial charge in [0.1, 0.15) is 22.7 Å². The Hall–Kier alpha value is -1.55. The average Bonchev–Trinajstić information content (AvgIpc) is 2.77. The lowest BCUT2D eigenvalue weighted by atomic mass is 9.89. The van der Waals surface area contributed by atoms with Gasteiger partial charge < -0.3 is 14.8 Å². The number of benzene rings is 1. The number of ketones is 1. The maximum absolute atomic E-state index is 12.4. The van der Waals surface area contributed by atoms with Gasteiger partial charge in [0.15, 0.2) is 5.78 Å². The minimum absolute atomic E-state index is 0.129. The molecule has 0 amide bonds. The molecule has 1 aromatic rings. The molecule has 0 aromatic heterocycles. The van der Waals surface area contributed by atoms with Crippen LogP contribution in [0.15, 0.2) is 18.2 Å². The second-order valence-corrected chi connectivity index (χ2v) is 4.87. The quantitative estimate of drug-likeness (QED) is 0.865. The molecule has 2 heterocycles. The van der Waals surface area contributed by atoms with E-state index >= 15 is 0 Å². The molecule has 1 aromatic carbocycles. The van der Waals surface area contributed by atoms with E-state index in [1.165, 1.54) is 0 Å². The largest absolute Gasteiger partial charge is 0.493 e. The number of hydrogen-bond acceptors (Lipinski definition) is 4. The Morgan fingerprint density at radius 3 is 3.11 bits per heavy atom. The summed E-state index contributed by atoms with van der Waals surface area (Å²) in [6, 6.07) is 5.56. The summed E-state index contributed by atoms with van der Waals surface area (Å²) in [5.41, 5.74) is 0.270. The van der Waals surface area contributed by atoms with Crippen LogP contribution in [0.1, 0.15) is 30.1 Å². The number of carbonyl (C=O) groups excluding carboxylic acids is 1. The van der Waals surface area contributed by atoms with Crippen LogP contribution in [0, 0.1) is 0 Å². The lowest BCUT2D eigenvalue weighted by Gasteiger charge is -2.34. The van der Waals surface area contributed by atoms with Gasteiger partial charge in [-0.25, -0.2) is 0 Å². The second-order valence-electron chi connectivity index (χ2n) is 4.87. The van der Waals surface area contributed by atoms with Gasteiger partial charge in [-0.05, 0) is 25.6 Å². The molecule has 1 fully saturated rings. The van der Waals surface area contributed by atoms with Crippen molar-refractivity contribution in [2.24, 2.45) is 0 Å². The fourth-order valence-corrected chi connectivity index (χ4v) is 2.76. The van der Waals surface area contributed by atoms with Gasteiger partial charge in [0.05, 0.1) is 13.0 Å². The van der Waals surface area contributed by atoms with Crippen LogP contribution >= 0.6 is 0 Å². The molecule has 1 unspecified atom stereocenters. The van der Waals surface area contributed by atoms with Crippen LogP contribution in [0.2, 0.25) is 0 Å². The normalized spacial score (nSPS) is 25.9. The van der Waals surface area contributed by atoms with E-state index < -0.39 is 0 Å². The maximum Gasteiger partial charge on any atom is 0.174 e. The first-order chi connectivity index (χ1) is 8.74. The van der Waals surface area contributed by atoms with Crippen molar-refractivity contribution in [2.45, 2.75) is 25.4 Å². The third kappa shape index (κ3) is 1.77. The number of ether oxygens (including phenoxy) is 2. The molecule has 1 N–H and O–H groups in total. The predicted molar refractivity (Wildman–Crippen MR) is 67.4 cm³/mol. The fraction of sp³-hybridized carbons (Fsp3) is 0.500. The molecule has 0 aliphatic carbocycles. The highest BCUT2D eigenvalue weighted by molar-refractivity contribution is 6.03. The van der Waals surface area contributed by atoms with Crippen LogP contribution in [0.4, 0.5) is 0 Å². The lowest BCUT2D eigenvalue weighted by Crippen LogP contribution is -2.43. The Morgan fingerprint density at radius 1 is 1.50 bits per heavy atom. The van der Waals surface area contributed by atoms with Crippen molar-refractivity contribution in [2.75, 3.05) is 19.7 Å². The molecule has 1 atom stereocenters. The third-order valence-electron chi connectivity index (χ3n) is 3.58. The first-order valence-corrected chi connectivity index (χ1v) is 6.43. The first-order valence-electron chi connectivity index (χ1n) is 6.43. The van der Waals surface area contributed by atoms with E-state index in [-0.39, 0.29) is 11.4 Å². The van der Waals surface area contributed by atoms with Crippen LogP contribution in [0.25, 0.3) is 0 Å². The van der Waals surface area contributed by atoms with Crippen molar-refractivity contribution < 1.29 is 14.3 Å². The third-order valence-corrected chi connectivity index (χ3v) is 3.58. The van der Waals surface area contributed by atoms with Crippen LogP contribution in [0.5, 0.6) is 11.5 Å². The topological polar surface area (TPSA) is 47.6 Å². The molecule has 4 heteroatoms. The molecule has 18 heavy (non-hydrogen) atoms. The Bertz CT molecular complexity index is 478. The number of Topliss-reactive ketones (excluding diaryl/α,β-unsaturated/α-hetero) is 1. The molecular formula is C14H17NO3. The molecule has 0 bridgehead atoms. The Balaban J connectivity index is 2.00. The fourth-order valence-electron chi connectivity index (χ4n) is 2.76. The first kappa shape index (κ1) is 11.5. The van der Waals surface area contributed by atoms with Crippen LogP contribution in [0.3, 0.4) is 0 Å². The minimum Gasteiger partial charge on any atom is -0.493 e. The molecule has 3 rings (SSSR count). The molecule has 2 aliphatic heterocycles. The van der Waals surface area contributed by atoms with Gasteiger partial charge >= 0.3 is 0 Å². The second kappa shape index (κ2) is 4.28. The summed E-state index contributed by atoms with van der Waals surface area (Å²) in [5, 5.41) is 3.27. The van der Waals surface area contributed by atoms with E-state index in [0.29, 0.717) is 30.1 Å². The number of nitrogens with one attached hydrogen (secondary N) is 1. The summed E-state index contributed by atoms with van der Waals surface area (Å²) >= 11 is 0. The zero-order valence-corrected chi connectivity index (χ0v) is 10.5. The van der Waals surface area contributed by atoms with E-state index in [0.717, 1.165) is 19.5 Å². The number of fused-ring (bicyclic) bond motifs is 1. The summed E-state index contributed by atoms with van der Waals surface area (Å²) in [6.07, 6.45) is 1.33. The molecule has 0 radical (unpaired) electrons. The maximum atomic E-state index is 12.4. The van der Waals surface area contributed by atoms with Gasteiger partial charge in [0.25, 0.3) is 0 Å². The molecule has 4 nitrogen and oxygen atoms in total. The van der Waals surface area contributed by atoms with E-state index in [9.17, 15) is 4.79 Å². The summed E-state index contributed by atoms with van der Waals surface area (Å²) < 4.78 is 11.6. The van der Waals surface area contributed by atoms with E-state index in [4.69, 9.17) is 9.47 Å². The van der Waals surface area contributed by atoms with Gasteiger partial charge in [-0.2, -0.15) is 0 Å². The summed E-state index contributed by atoms with van der Waals surface area (Å²) in [4.78, 5) is 12.4. The number of carbonyl (C=O) groups is 1. The summed E-state index contributed by atoms with van der Waals surface area (Å²) in [6.45, 7) is 4.12. The predicted octanol–water partition coefficient (Wildman–Crippen LogP) is 1.78. The van der Waals surface area contributed by atoms with E-state index in [2.05, 4.69) is 5.32 Å². The smallest absolute Gasteiger partial charge is 0.174 e. The highest BCUT2D eigenvalue weighted by Gasteiger charge is 2.43. The van der Waals surface area contributed by atoms with Gasteiger partial charge in [0, 0.05) is 13.0 Å². The van der Waals surface area contributed by atoms with Crippen molar-refractivity contribution in [3.05, 3.63) is 23.8 Å². The Kier molecular flexibility index (Phi) is 2.74. The molecule has 0 saturated carbocycles. The molecular weight excluding hydrogens is 230 g/mol. The zero-order chi connectivity index (χ0) is 12.6. The lowest BCUT2D eigenvalue weighted by molar-refractivity contribution is 0.0521. The van der Waals surface area contributed by atoms with Crippen molar-refractivity contribution in [3.63, 3.8) is 0 Å². The standard InChI is InChI=1S/C14H17NO3/c1-2-17-11-4-3-5-12-13(11)10(16)8-14(18-12)6-7-15-9-14/h3-5,15H,2,6-9H2,1H3. The summed E-state index contributed by atoms with van der Waals surface area (Å²) in [5.74, 6) is 1.44. The van der Waals surface area contributed by atoms with Crippen LogP contribution in [-0.2, 0) is 0 Å². The molecule has 1 spiro atoms. The van der Waals surface area contributed by atoms with Crippen LogP contribution in [-0.4, -0.2) is 31.1 Å². The molecule has 1 saturated heterocycles. The van der Waals surface area contributed by atoms with E-state index in [1.54, 1.807) is 0 Å². The van der Waals surface area contributed by atoms with Crippen LogP contribution < -0.4 is 14.8 Å². The van der Waals surface area contributed by atoms with Gasteiger partial charge in [0.2, 0.25) is 0 Å². The monoisotopic (exact) mass is 247 g/mol. The van der Waals surface area contributed by atoms with Gasteiger partial charge in [-0.3, -0.25) is 4.79 Å². The Morgan fingerprint density at radius 2 is 2.39 bits per heavy atom. The minimum atomic E-state index is -0.338. The Labute approximate surface area is 106 Å².